The van der Waals surface area contributed by atoms with Gasteiger partial charge in [0.2, 0.25) is 0 Å². The fourth-order valence-corrected chi connectivity index (χ4v) is 2.08. The van der Waals surface area contributed by atoms with Crippen LogP contribution in [0.4, 0.5) is 13.2 Å². The summed E-state index contributed by atoms with van der Waals surface area (Å²) in [4.78, 5) is 11.0. The Morgan fingerprint density at radius 1 is 1.56 bits per heavy atom. The molecule has 0 fully saturated rings. The van der Waals surface area contributed by atoms with Crippen molar-refractivity contribution in [1.29, 1.82) is 0 Å². The van der Waals surface area contributed by atoms with Crippen LogP contribution < -0.4 is 5.73 Å². The van der Waals surface area contributed by atoms with Gasteiger partial charge < -0.3 is 10.5 Å². The van der Waals surface area contributed by atoms with Crippen LogP contribution in [0.25, 0.3) is 0 Å². The number of rotatable bonds is 3. The van der Waals surface area contributed by atoms with Crippen LogP contribution in [0.15, 0.2) is 10.8 Å². The Morgan fingerprint density at radius 2 is 2.19 bits per heavy atom. The van der Waals surface area contributed by atoms with E-state index in [1.807, 2.05) is 0 Å². The van der Waals surface area contributed by atoms with Crippen LogP contribution in [0.2, 0.25) is 0 Å². The molecule has 0 aliphatic rings. The monoisotopic (exact) mass is 253 g/mol. The summed E-state index contributed by atoms with van der Waals surface area (Å²) in [6, 6.07) is -1.07. The molecule has 1 unspecified atom stereocenters. The quantitative estimate of drug-likeness (QED) is 0.836. The van der Waals surface area contributed by atoms with Crippen molar-refractivity contribution in [3.05, 3.63) is 21.9 Å². The van der Waals surface area contributed by atoms with Crippen LogP contribution in [-0.4, -0.2) is 19.1 Å². The van der Waals surface area contributed by atoms with Gasteiger partial charge in [0.05, 0.1) is 12.7 Å². The van der Waals surface area contributed by atoms with Crippen LogP contribution in [-0.2, 0) is 22.1 Å². The van der Waals surface area contributed by atoms with E-state index in [1.54, 1.807) is 0 Å². The molecule has 0 saturated heterocycles. The van der Waals surface area contributed by atoms with Crippen molar-refractivity contribution in [2.45, 2.75) is 18.6 Å². The van der Waals surface area contributed by atoms with Crippen molar-refractivity contribution in [3.63, 3.8) is 0 Å². The number of nitrogens with two attached hydrogens (primary N) is 1. The van der Waals surface area contributed by atoms with Gasteiger partial charge in [-0.3, -0.25) is 4.79 Å². The normalized spacial score (nSPS) is 13.6. The van der Waals surface area contributed by atoms with Gasteiger partial charge in [-0.15, -0.1) is 0 Å². The summed E-state index contributed by atoms with van der Waals surface area (Å²) in [7, 11) is 1.14. The molecule has 1 rings (SSSR count). The van der Waals surface area contributed by atoms with E-state index in [4.69, 9.17) is 5.73 Å². The molecular weight excluding hydrogens is 243 g/mol. The molecule has 0 aliphatic carbocycles. The van der Waals surface area contributed by atoms with Gasteiger partial charge in [-0.1, -0.05) is 0 Å². The lowest BCUT2D eigenvalue weighted by Crippen LogP contribution is -2.34. The van der Waals surface area contributed by atoms with Gasteiger partial charge in [0, 0.05) is 5.38 Å². The summed E-state index contributed by atoms with van der Waals surface area (Å²) in [5, 5.41) is 2.34. The lowest BCUT2D eigenvalue weighted by atomic mass is 10.1. The first kappa shape index (κ1) is 13.0. The highest BCUT2D eigenvalue weighted by Crippen LogP contribution is 2.34. The Balaban J connectivity index is 2.83. The molecule has 0 saturated carbocycles. The zero-order valence-electron chi connectivity index (χ0n) is 8.38. The second-order valence-corrected chi connectivity index (χ2v) is 3.89. The van der Waals surface area contributed by atoms with E-state index in [9.17, 15) is 18.0 Å². The SMILES string of the molecule is COC(=O)C(N)Cc1cscc1C(F)(F)F. The predicted molar refractivity (Wildman–Crippen MR) is 53.0 cm³/mol. The number of halogens is 3. The maximum atomic E-state index is 12.5. The molecular formula is C9H10F3NO2S. The average molecular weight is 253 g/mol. The standard InChI is InChI=1S/C9H10F3NO2S/c1-15-8(14)7(13)2-5-3-16-4-6(5)9(10,11)12/h3-4,7H,2,13H2,1H3. The highest BCUT2D eigenvalue weighted by molar-refractivity contribution is 7.08. The number of hydrogen-bond donors (Lipinski definition) is 1. The second-order valence-electron chi connectivity index (χ2n) is 3.14. The van der Waals surface area contributed by atoms with Gasteiger partial charge in [0.15, 0.2) is 0 Å². The van der Waals surface area contributed by atoms with Gasteiger partial charge in [0.1, 0.15) is 6.04 Å². The number of ether oxygens (including phenoxy) is 1. The molecule has 0 aliphatic heterocycles. The molecule has 0 spiro atoms. The summed E-state index contributed by atoms with van der Waals surface area (Å²) >= 11 is 0.927. The fourth-order valence-electron chi connectivity index (χ4n) is 1.20. The van der Waals surface area contributed by atoms with E-state index in [-0.39, 0.29) is 12.0 Å². The van der Waals surface area contributed by atoms with E-state index in [2.05, 4.69) is 4.74 Å². The minimum atomic E-state index is -4.41. The number of methoxy groups -OCH3 is 1. The Labute approximate surface area is 94.0 Å². The van der Waals surface area contributed by atoms with E-state index in [1.165, 1.54) is 5.38 Å². The first-order valence-electron chi connectivity index (χ1n) is 4.32. The summed E-state index contributed by atoms with van der Waals surface area (Å²) in [5.74, 6) is -0.723. The molecule has 0 bridgehead atoms. The van der Waals surface area contributed by atoms with Gasteiger partial charge in [0.25, 0.3) is 0 Å². The van der Waals surface area contributed by atoms with Crippen LogP contribution >= 0.6 is 11.3 Å². The number of carbonyl (C=O) groups excluding carboxylic acids is 1. The molecule has 3 nitrogen and oxygen atoms in total. The predicted octanol–water partition coefficient (Wildman–Crippen LogP) is 1.81. The fraction of sp³-hybridized carbons (Fsp3) is 0.444. The Hall–Kier alpha value is -1.08. The van der Waals surface area contributed by atoms with Crippen LogP contribution in [0.3, 0.4) is 0 Å². The minimum Gasteiger partial charge on any atom is -0.468 e. The number of hydrogen-bond acceptors (Lipinski definition) is 4. The van der Waals surface area contributed by atoms with E-state index in [0.717, 1.165) is 23.8 Å². The third-order valence-electron chi connectivity index (χ3n) is 1.99. The highest BCUT2D eigenvalue weighted by atomic mass is 32.1. The zero-order chi connectivity index (χ0) is 12.3. The van der Waals surface area contributed by atoms with Crippen LogP contribution in [0, 0.1) is 0 Å². The average Bonchev–Trinajstić information content (AvgIpc) is 2.63. The van der Waals surface area contributed by atoms with Crippen molar-refractivity contribution in [3.8, 4) is 0 Å². The molecule has 0 aromatic carbocycles. The van der Waals surface area contributed by atoms with E-state index >= 15 is 0 Å². The van der Waals surface area contributed by atoms with Gasteiger partial charge in [-0.2, -0.15) is 24.5 Å². The zero-order valence-corrected chi connectivity index (χ0v) is 9.19. The molecule has 2 N–H and O–H groups in total. The van der Waals surface area contributed by atoms with Crippen LogP contribution in [0.1, 0.15) is 11.1 Å². The van der Waals surface area contributed by atoms with E-state index in [0.29, 0.717) is 0 Å². The maximum absolute atomic E-state index is 12.5. The highest BCUT2D eigenvalue weighted by Gasteiger charge is 2.34. The third-order valence-corrected chi connectivity index (χ3v) is 2.78. The van der Waals surface area contributed by atoms with Crippen LogP contribution in [0.5, 0.6) is 0 Å². The van der Waals surface area contributed by atoms with Crippen molar-refractivity contribution >= 4 is 17.3 Å². The third kappa shape index (κ3) is 2.96. The largest absolute Gasteiger partial charge is 0.468 e. The first-order chi connectivity index (χ1) is 7.36. The molecule has 1 atom stereocenters. The number of thiophene rings is 1. The van der Waals surface area contributed by atoms with Gasteiger partial charge in [-0.05, 0) is 17.4 Å². The van der Waals surface area contributed by atoms with Crippen molar-refractivity contribution in [2.75, 3.05) is 7.11 Å². The molecule has 1 aromatic heterocycles. The summed E-state index contributed by atoms with van der Waals surface area (Å²) in [6.07, 6.45) is -4.59. The number of alkyl halides is 3. The Morgan fingerprint density at radius 3 is 2.69 bits per heavy atom. The van der Waals surface area contributed by atoms with E-state index < -0.39 is 23.8 Å². The summed E-state index contributed by atoms with van der Waals surface area (Å²) < 4.78 is 41.7. The summed E-state index contributed by atoms with van der Waals surface area (Å²) in [6.45, 7) is 0. The molecule has 0 radical (unpaired) electrons. The molecule has 0 amide bonds. The maximum Gasteiger partial charge on any atom is 0.417 e. The molecule has 16 heavy (non-hydrogen) atoms. The molecule has 1 aromatic rings. The van der Waals surface area contributed by atoms with Crippen molar-refractivity contribution in [2.24, 2.45) is 5.73 Å². The molecule has 90 valence electrons. The minimum absolute atomic E-state index is 0.0235. The van der Waals surface area contributed by atoms with Gasteiger partial charge >= 0.3 is 12.1 Å². The smallest absolute Gasteiger partial charge is 0.417 e. The number of carbonyl (C=O) groups is 1. The van der Waals surface area contributed by atoms with Gasteiger partial charge in [-0.25, -0.2) is 0 Å². The van der Waals surface area contributed by atoms with Crippen molar-refractivity contribution < 1.29 is 22.7 Å². The second kappa shape index (κ2) is 4.84. The molecule has 7 heteroatoms. The molecule has 1 heterocycles. The lowest BCUT2D eigenvalue weighted by Gasteiger charge is -2.11. The first-order valence-corrected chi connectivity index (χ1v) is 5.26. The number of esters is 1. The Kier molecular flexibility index (Phi) is 3.93. The Bertz CT molecular complexity index is 375. The topological polar surface area (TPSA) is 52.3 Å². The summed E-state index contributed by atoms with van der Waals surface area (Å²) in [5.41, 5.74) is 4.68. The van der Waals surface area contributed by atoms with Crippen molar-refractivity contribution in [1.82, 2.24) is 0 Å². The lowest BCUT2D eigenvalue weighted by molar-refractivity contribution is -0.143.